The minimum Gasteiger partial charge on any atom is -0.496 e. The van der Waals surface area contributed by atoms with Crippen molar-refractivity contribution in [1.29, 1.82) is 0 Å². The number of benzene rings is 3. The molecule has 0 bridgehead atoms. The highest BCUT2D eigenvalue weighted by Gasteiger charge is 2.19. The van der Waals surface area contributed by atoms with Crippen LogP contribution in [0.2, 0.25) is 0 Å². The summed E-state index contributed by atoms with van der Waals surface area (Å²) >= 11 is 0. The van der Waals surface area contributed by atoms with Gasteiger partial charge in [0.05, 0.1) is 32.0 Å². The van der Waals surface area contributed by atoms with E-state index in [1.54, 1.807) is 35.9 Å². The molecule has 0 radical (unpaired) electrons. The van der Waals surface area contributed by atoms with E-state index in [1.807, 2.05) is 24.3 Å². The molecule has 7 heteroatoms. The van der Waals surface area contributed by atoms with Gasteiger partial charge < -0.3 is 9.30 Å². The first kappa shape index (κ1) is 19.9. The molecule has 0 amide bonds. The molecule has 0 atom stereocenters. The fourth-order valence-corrected chi connectivity index (χ4v) is 4.06. The highest BCUT2D eigenvalue weighted by Crippen LogP contribution is 2.28. The zero-order valence-electron chi connectivity index (χ0n) is 17.3. The quantitative estimate of drug-likeness (QED) is 0.404. The molecule has 2 heterocycles. The van der Waals surface area contributed by atoms with E-state index in [2.05, 4.69) is 4.98 Å². The first-order valence-corrected chi connectivity index (χ1v) is 10.1. The predicted octanol–water partition coefficient (Wildman–Crippen LogP) is 4.73. The molecule has 3 aromatic carbocycles. The van der Waals surface area contributed by atoms with E-state index in [0.717, 1.165) is 5.56 Å². The van der Waals surface area contributed by atoms with Gasteiger partial charge in [-0.25, -0.2) is 13.8 Å². The number of hydrogen-bond acceptors (Lipinski definition) is 3. The normalized spacial score (nSPS) is 11.3. The SMILES string of the molecule is COc1ccccc1Cn1cnc2c3cc(F)ccc3n(Cc3ccccc3F)c2c1=O. The molecular formula is C25H19F2N3O2. The van der Waals surface area contributed by atoms with Crippen LogP contribution in [0.1, 0.15) is 11.1 Å². The average molecular weight is 431 g/mol. The lowest BCUT2D eigenvalue weighted by molar-refractivity contribution is 0.408. The summed E-state index contributed by atoms with van der Waals surface area (Å²) in [6.45, 7) is 0.370. The molecule has 32 heavy (non-hydrogen) atoms. The monoisotopic (exact) mass is 431 g/mol. The molecule has 5 rings (SSSR count). The third kappa shape index (κ3) is 3.32. The van der Waals surface area contributed by atoms with Crippen molar-refractivity contribution < 1.29 is 13.5 Å². The molecule has 0 aliphatic rings. The maximum atomic E-state index is 14.4. The van der Waals surface area contributed by atoms with Crippen LogP contribution in [0.3, 0.4) is 0 Å². The van der Waals surface area contributed by atoms with Gasteiger partial charge in [-0.1, -0.05) is 36.4 Å². The van der Waals surface area contributed by atoms with Gasteiger partial charge in [0.2, 0.25) is 0 Å². The fourth-order valence-electron chi connectivity index (χ4n) is 4.06. The number of ether oxygens (including phenoxy) is 1. The third-order valence-electron chi connectivity index (χ3n) is 5.61. The second kappa shape index (κ2) is 7.92. The van der Waals surface area contributed by atoms with Crippen LogP contribution in [-0.2, 0) is 13.1 Å². The van der Waals surface area contributed by atoms with Crippen LogP contribution in [-0.4, -0.2) is 21.2 Å². The molecule has 5 aromatic rings. The van der Waals surface area contributed by atoms with Crippen molar-refractivity contribution in [1.82, 2.24) is 14.1 Å². The largest absolute Gasteiger partial charge is 0.496 e. The van der Waals surface area contributed by atoms with Gasteiger partial charge in [0.1, 0.15) is 28.4 Å². The van der Waals surface area contributed by atoms with Crippen molar-refractivity contribution in [3.05, 3.63) is 106 Å². The summed E-state index contributed by atoms with van der Waals surface area (Å²) in [5.74, 6) is -0.140. The number of aromatic nitrogens is 3. The molecule has 0 spiro atoms. The molecule has 0 aliphatic heterocycles. The molecule has 5 nitrogen and oxygen atoms in total. The number of nitrogens with zero attached hydrogens (tertiary/aromatic N) is 3. The van der Waals surface area contributed by atoms with Gasteiger partial charge >= 0.3 is 0 Å². The van der Waals surface area contributed by atoms with Crippen molar-refractivity contribution in [2.75, 3.05) is 7.11 Å². The summed E-state index contributed by atoms with van der Waals surface area (Å²) < 4.78 is 37.0. The van der Waals surface area contributed by atoms with E-state index in [-0.39, 0.29) is 24.5 Å². The maximum Gasteiger partial charge on any atom is 0.278 e. The van der Waals surface area contributed by atoms with Crippen molar-refractivity contribution in [2.24, 2.45) is 0 Å². The molecule has 0 saturated carbocycles. The summed E-state index contributed by atoms with van der Waals surface area (Å²) in [6.07, 6.45) is 1.45. The zero-order valence-corrected chi connectivity index (χ0v) is 17.3. The van der Waals surface area contributed by atoms with Crippen LogP contribution in [0.25, 0.3) is 21.9 Å². The van der Waals surface area contributed by atoms with Crippen molar-refractivity contribution in [3.8, 4) is 5.75 Å². The van der Waals surface area contributed by atoms with Crippen LogP contribution < -0.4 is 10.3 Å². The number of hydrogen-bond donors (Lipinski definition) is 0. The Kier molecular flexibility index (Phi) is 4.93. The van der Waals surface area contributed by atoms with Crippen molar-refractivity contribution in [2.45, 2.75) is 13.1 Å². The number of rotatable bonds is 5. The van der Waals surface area contributed by atoms with Crippen LogP contribution in [0.5, 0.6) is 5.75 Å². The Morgan fingerprint density at radius 3 is 2.47 bits per heavy atom. The molecule has 0 N–H and O–H groups in total. The van der Waals surface area contributed by atoms with Crippen LogP contribution in [0.15, 0.2) is 77.9 Å². The van der Waals surface area contributed by atoms with E-state index in [9.17, 15) is 13.6 Å². The molecule has 2 aromatic heterocycles. The van der Waals surface area contributed by atoms with Gasteiger partial charge in [-0.05, 0) is 30.3 Å². The minimum atomic E-state index is -0.428. The van der Waals surface area contributed by atoms with Gasteiger partial charge in [0.25, 0.3) is 5.56 Å². The molecule has 0 unspecified atom stereocenters. The smallest absolute Gasteiger partial charge is 0.278 e. The van der Waals surface area contributed by atoms with E-state index in [1.165, 1.54) is 29.1 Å². The Morgan fingerprint density at radius 2 is 1.69 bits per heavy atom. The number of para-hydroxylation sites is 1. The second-order valence-corrected chi connectivity index (χ2v) is 7.53. The third-order valence-corrected chi connectivity index (χ3v) is 5.61. The zero-order chi connectivity index (χ0) is 22.2. The Morgan fingerprint density at radius 1 is 0.938 bits per heavy atom. The van der Waals surface area contributed by atoms with E-state index in [0.29, 0.717) is 33.2 Å². The Hall–Kier alpha value is -4.00. The Labute approximate surface area is 182 Å². The van der Waals surface area contributed by atoms with Gasteiger partial charge in [0, 0.05) is 16.5 Å². The Bertz CT molecular complexity index is 1520. The van der Waals surface area contributed by atoms with E-state index in [4.69, 9.17) is 4.74 Å². The average Bonchev–Trinajstić information content (AvgIpc) is 3.11. The summed E-state index contributed by atoms with van der Waals surface area (Å²) in [6, 6.07) is 18.1. The molecule has 0 saturated heterocycles. The summed E-state index contributed by atoms with van der Waals surface area (Å²) in [4.78, 5) is 18.0. The lowest BCUT2D eigenvalue weighted by atomic mass is 10.2. The van der Waals surface area contributed by atoms with Gasteiger partial charge in [-0.3, -0.25) is 9.36 Å². The lowest BCUT2D eigenvalue weighted by Gasteiger charge is -2.11. The van der Waals surface area contributed by atoms with Crippen LogP contribution >= 0.6 is 0 Å². The van der Waals surface area contributed by atoms with Crippen LogP contribution in [0, 0.1) is 11.6 Å². The topological polar surface area (TPSA) is 49.0 Å². The standard InChI is InChI=1S/C25H19F2N3O2/c1-32-22-9-5-3-7-17(22)13-29-15-28-23-19-12-18(26)10-11-21(19)30(24(23)25(29)31)14-16-6-2-4-8-20(16)27/h2-12,15H,13-14H2,1H3. The van der Waals surface area contributed by atoms with Gasteiger partial charge in [-0.2, -0.15) is 0 Å². The maximum absolute atomic E-state index is 14.4. The summed E-state index contributed by atoms with van der Waals surface area (Å²) in [5, 5.41) is 0.512. The number of fused-ring (bicyclic) bond motifs is 3. The molecule has 160 valence electrons. The van der Waals surface area contributed by atoms with Crippen LogP contribution in [0.4, 0.5) is 8.78 Å². The van der Waals surface area contributed by atoms with Crippen molar-refractivity contribution >= 4 is 21.9 Å². The highest BCUT2D eigenvalue weighted by molar-refractivity contribution is 6.05. The number of halogens is 2. The van der Waals surface area contributed by atoms with Gasteiger partial charge in [-0.15, -0.1) is 0 Å². The summed E-state index contributed by atoms with van der Waals surface area (Å²) in [7, 11) is 1.57. The van der Waals surface area contributed by atoms with Gasteiger partial charge in [0.15, 0.2) is 0 Å². The summed E-state index contributed by atoms with van der Waals surface area (Å²) in [5.41, 5.74) is 2.25. The molecule has 0 aliphatic carbocycles. The first-order valence-electron chi connectivity index (χ1n) is 10.1. The lowest BCUT2D eigenvalue weighted by Crippen LogP contribution is -2.23. The molecule has 0 fully saturated rings. The van der Waals surface area contributed by atoms with Crippen molar-refractivity contribution in [3.63, 3.8) is 0 Å². The highest BCUT2D eigenvalue weighted by atomic mass is 19.1. The first-order chi connectivity index (χ1) is 15.6. The predicted molar refractivity (Wildman–Crippen MR) is 119 cm³/mol. The minimum absolute atomic E-state index is 0.119. The van der Waals surface area contributed by atoms with E-state index < -0.39 is 5.82 Å². The number of methoxy groups -OCH3 is 1. The second-order valence-electron chi connectivity index (χ2n) is 7.53. The van der Waals surface area contributed by atoms with E-state index >= 15 is 0 Å². The molecular weight excluding hydrogens is 412 g/mol. The Balaban J connectivity index is 1.74. The fraction of sp³-hybridized carbons (Fsp3) is 0.120.